The molecular weight excluding hydrogens is 388 g/mol. The number of aliphatic carboxylic acids is 1. The third-order valence-electron chi connectivity index (χ3n) is 5.43. The fraction of sp³-hybridized carbons (Fsp3) is 0.500. The summed E-state index contributed by atoms with van der Waals surface area (Å²) in [4.78, 5) is 41.4. The van der Waals surface area contributed by atoms with Gasteiger partial charge >= 0.3 is 5.97 Å². The van der Waals surface area contributed by atoms with Gasteiger partial charge in [-0.1, -0.05) is 19.8 Å². The molecule has 1 aliphatic rings. The molecule has 162 valence electrons. The van der Waals surface area contributed by atoms with Gasteiger partial charge in [-0.3, -0.25) is 9.59 Å². The van der Waals surface area contributed by atoms with Crippen molar-refractivity contribution >= 4 is 22.8 Å². The lowest BCUT2D eigenvalue weighted by molar-refractivity contribution is -0.143. The second kappa shape index (κ2) is 9.65. The number of ether oxygens (including phenoxy) is 2. The highest BCUT2D eigenvalue weighted by atomic mass is 16.5. The second-order valence-electron chi connectivity index (χ2n) is 7.48. The first-order valence-corrected chi connectivity index (χ1v) is 10.4. The minimum Gasteiger partial charge on any atom is -0.493 e. The number of rotatable bonds is 8. The molecule has 1 aromatic carbocycles. The molecule has 0 saturated carbocycles. The molecule has 8 heteroatoms. The van der Waals surface area contributed by atoms with Crippen molar-refractivity contribution in [2.45, 2.75) is 51.5 Å². The number of fused-ring (bicyclic) bond motifs is 1. The van der Waals surface area contributed by atoms with Crippen molar-refractivity contribution in [2.24, 2.45) is 0 Å². The summed E-state index contributed by atoms with van der Waals surface area (Å²) < 4.78 is 11.3. The van der Waals surface area contributed by atoms with Crippen LogP contribution < -0.4 is 15.0 Å². The quantitative estimate of drug-likeness (QED) is 0.640. The highest BCUT2D eigenvalue weighted by Gasteiger charge is 2.33. The fourth-order valence-electron chi connectivity index (χ4n) is 3.81. The Balaban J connectivity index is 1.98. The van der Waals surface area contributed by atoms with E-state index in [9.17, 15) is 19.5 Å². The van der Waals surface area contributed by atoms with Gasteiger partial charge in [-0.25, -0.2) is 4.79 Å². The minimum atomic E-state index is -1.05. The number of aromatic nitrogens is 1. The van der Waals surface area contributed by atoms with Gasteiger partial charge in [-0.15, -0.1) is 0 Å². The molecule has 1 fully saturated rings. The lowest BCUT2D eigenvalue weighted by Gasteiger charge is -2.32. The molecule has 0 radical (unpaired) electrons. The number of nitrogens with zero attached hydrogens (tertiary/aromatic N) is 1. The zero-order chi connectivity index (χ0) is 21.7. The monoisotopic (exact) mass is 416 g/mol. The van der Waals surface area contributed by atoms with E-state index in [2.05, 4.69) is 11.9 Å². The van der Waals surface area contributed by atoms with Gasteiger partial charge in [-0.2, -0.15) is 0 Å². The fourth-order valence-corrected chi connectivity index (χ4v) is 3.81. The molecule has 30 heavy (non-hydrogen) atoms. The van der Waals surface area contributed by atoms with Crippen LogP contribution in [0.5, 0.6) is 11.5 Å². The topological polar surface area (TPSA) is 109 Å². The van der Waals surface area contributed by atoms with Gasteiger partial charge in [0, 0.05) is 11.9 Å². The number of carboxylic acids is 1. The Hall–Kier alpha value is -3.03. The summed E-state index contributed by atoms with van der Waals surface area (Å²) in [5.74, 6) is -0.682. The second-order valence-corrected chi connectivity index (χ2v) is 7.48. The average molecular weight is 416 g/mol. The number of benzene rings is 1. The molecule has 0 spiro atoms. The molecular formula is C22H28N2O6. The average Bonchev–Trinajstić information content (AvgIpc) is 2.75. The normalized spacial score (nSPS) is 16.5. The molecule has 0 aliphatic carbocycles. The highest BCUT2D eigenvalue weighted by molar-refractivity contribution is 6.00. The van der Waals surface area contributed by atoms with Gasteiger partial charge in [0.1, 0.15) is 11.6 Å². The van der Waals surface area contributed by atoms with Crippen molar-refractivity contribution in [3.05, 3.63) is 34.1 Å². The first-order chi connectivity index (χ1) is 14.5. The summed E-state index contributed by atoms with van der Waals surface area (Å²) in [7, 11) is 1.53. The molecule has 2 aromatic rings. The van der Waals surface area contributed by atoms with Crippen molar-refractivity contribution in [1.82, 2.24) is 9.88 Å². The Kier molecular flexibility index (Phi) is 6.97. The number of carbonyl (C=O) groups is 2. The lowest BCUT2D eigenvalue weighted by atomic mass is 10.0. The molecule has 1 aromatic heterocycles. The Morgan fingerprint density at radius 2 is 2.07 bits per heavy atom. The van der Waals surface area contributed by atoms with Gasteiger partial charge in [0.25, 0.3) is 11.5 Å². The van der Waals surface area contributed by atoms with Gasteiger partial charge in [-0.05, 0) is 43.9 Å². The maximum atomic E-state index is 13.0. The van der Waals surface area contributed by atoms with Crippen LogP contribution in [0, 0.1) is 0 Å². The standard InChI is InChI=1S/C22H28N2O6/c1-3-4-7-12-30-19-17(29-2)10-9-14-13-15(20(25)23-18(14)19)21(26)24-11-6-5-8-16(24)22(27)28/h9-10,13,16H,3-8,11-12H2,1-2H3,(H,23,25)(H,27,28). The highest BCUT2D eigenvalue weighted by Crippen LogP contribution is 2.34. The summed E-state index contributed by atoms with van der Waals surface area (Å²) >= 11 is 0. The molecule has 1 atom stereocenters. The Labute approximate surface area is 174 Å². The van der Waals surface area contributed by atoms with Crippen molar-refractivity contribution in [2.75, 3.05) is 20.3 Å². The molecule has 1 aliphatic heterocycles. The van der Waals surface area contributed by atoms with Crippen molar-refractivity contribution in [1.29, 1.82) is 0 Å². The molecule has 2 heterocycles. The predicted molar refractivity (Wildman–Crippen MR) is 112 cm³/mol. The van der Waals surface area contributed by atoms with E-state index in [0.29, 0.717) is 48.4 Å². The van der Waals surface area contributed by atoms with Crippen LogP contribution in [0.1, 0.15) is 55.8 Å². The number of unbranched alkanes of at least 4 members (excludes halogenated alkanes) is 2. The zero-order valence-corrected chi connectivity index (χ0v) is 17.4. The van der Waals surface area contributed by atoms with E-state index in [4.69, 9.17) is 9.47 Å². The predicted octanol–water partition coefficient (Wildman–Crippen LogP) is 3.19. The molecule has 8 nitrogen and oxygen atoms in total. The smallest absolute Gasteiger partial charge is 0.326 e. The number of hydrogen-bond donors (Lipinski definition) is 2. The van der Waals surface area contributed by atoms with Gasteiger partial charge in [0.15, 0.2) is 11.5 Å². The van der Waals surface area contributed by atoms with E-state index in [1.807, 2.05) is 0 Å². The van der Waals surface area contributed by atoms with Crippen LogP contribution in [-0.4, -0.2) is 53.2 Å². The van der Waals surface area contributed by atoms with E-state index in [0.717, 1.165) is 25.7 Å². The third kappa shape index (κ3) is 4.42. The number of nitrogens with one attached hydrogen (secondary N) is 1. The third-order valence-corrected chi connectivity index (χ3v) is 5.43. The Morgan fingerprint density at radius 1 is 1.27 bits per heavy atom. The molecule has 1 saturated heterocycles. The van der Waals surface area contributed by atoms with Crippen molar-refractivity contribution < 1.29 is 24.2 Å². The maximum Gasteiger partial charge on any atom is 0.326 e. The summed E-state index contributed by atoms with van der Waals surface area (Å²) in [5.41, 5.74) is -0.188. The number of H-pyrrole nitrogens is 1. The van der Waals surface area contributed by atoms with Crippen LogP contribution in [0.3, 0.4) is 0 Å². The maximum absolute atomic E-state index is 13.0. The number of pyridine rings is 1. The molecule has 2 N–H and O–H groups in total. The van der Waals surface area contributed by atoms with Gasteiger partial charge < -0.3 is 24.5 Å². The SMILES string of the molecule is CCCCCOc1c(OC)ccc2cc(C(=O)N3CCCCC3C(=O)O)c(=O)[nH]c12. The van der Waals surface area contributed by atoms with Crippen LogP contribution in [0.15, 0.2) is 23.0 Å². The zero-order valence-electron chi connectivity index (χ0n) is 17.4. The van der Waals surface area contributed by atoms with E-state index < -0.39 is 23.5 Å². The summed E-state index contributed by atoms with van der Waals surface area (Å²) in [6, 6.07) is 4.06. The summed E-state index contributed by atoms with van der Waals surface area (Å²) in [6.07, 6.45) is 4.82. The number of aromatic amines is 1. The number of amides is 1. The number of carboxylic acid groups (broad SMARTS) is 1. The number of likely N-dealkylation sites (tertiary alicyclic amines) is 1. The van der Waals surface area contributed by atoms with Crippen LogP contribution in [-0.2, 0) is 4.79 Å². The number of methoxy groups -OCH3 is 1. The molecule has 3 rings (SSSR count). The van der Waals surface area contributed by atoms with Gasteiger partial charge in [0.2, 0.25) is 0 Å². The van der Waals surface area contributed by atoms with Crippen LogP contribution in [0.2, 0.25) is 0 Å². The van der Waals surface area contributed by atoms with Crippen LogP contribution in [0.25, 0.3) is 10.9 Å². The minimum absolute atomic E-state index is 0.0715. The van der Waals surface area contributed by atoms with Crippen molar-refractivity contribution in [3.8, 4) is 11.5 Å². The largest absolute Gasteiger partial charge is 0.493 e. The van der Waals surface area contributed by atoms with E-state index >= 15 is 0 Å². The molecule has 0 bridgehead atoms. The van der Waals surface area contributed by atoms with Crippen LogP contribution in [0.4, 0.5) is 0 Å². The van der Waals surface area contributed by atoms with E-state index in [1.54, 1.807) is 12.1 Å². The van der Waals surface area contributed by atoms with E-state index in [1.165, 1.54) is 18.1 Å². The number of hydrogen-bond acceptors (Lipinski definition) is 5. The summed E-state index contributed by atoms with van der Waals surface area (Å²) in [5, 5.41) is 10.1. The molecule has 1 unspecified atom stereocenters. The molecule has 1 amide bonds. The van der Waals surface area contributed by atoms with Gasteiger partial charge in [0.05, 0.1) is 19.2 Å². The van der Waals surface area contributed by atoms with Crippen LogP contribution >= 0.6 is 0 Å². The Morgan fingerprint density at radius 3 is 2.77 bits per heavy atom. The summed E-state index contributed by atoms with van der Waals surface area (Å²) in [6.45, 7) is 2.91. The number of carbonyl (C=O) groups excluding carboxylic acids is 1. The first-order valence-electron chi connectivity index (χ1n) is 10.4. The lowest BCUT2D eigenvalue weighted by Crippen LogP contribution is -2.49. The van der Waals surface area contributed by atoms with E-state index in [-0.39, 0.29) is 5.56 Å². The van der Waals surface area contributed by atoms with Crippen molar-refractivity contribution in [3.63, 3.8) is 0 Å². The Bertz CT molecular complexity index is 983. The first kappa shape index (κ1) is 21.7. The number of piperidine rings is 1.